The van der Waals surface area contributed by atoms with Crippen molar-refractivity contribution in [1.29, 1.82) is 5.26 Å². The summed E-state index contributed by atoms with van der Waals surface area (Å²) in [5, 5.41) is 8.86. The van der Waals surface area contributed by atoms with Gasteiger partial charge in [0.2, 0.25) is 5.91 Å². The second-order valence-electron chi connectivity index (χ2n) is 8.83. The standard InChI is InChI=1S/C20H33N3O/c1-20(10-11-21)15-22(16-20)14-18-8-12-23(13-9-18)19(24)7-6-17-4-2-3-5-17/h17-18H,2-10,12-16H2,1H3. The van der Waals surface area contributed by atoms with E-state index in [9.17, 15) is 4.79 Å². The topological polar surface area (TPSA) is 47.3 Å². The highest BCUT2D eigenvalue weighted by molar-refractivity contribution is 5.76. The summed E-state index contributed by atoms with van der Waals surface area (Å²) < 4.78 is 0. The van der Waals surface area contributed by atoms with Gasteiger partial charge in [-0.05, 0) is 31.1 Å². The monoisotopic (exact) mass is 331 g/mol. The SMILES string of the molecule is CC1(CC#N)CN(CC2CCN(C(=O)CCC3CCCC3)CC2)C1. The minimum atomic E-state index is 0.228. The van der Waals surface area contributed by atoms with Crippen LogP contribution in [0.4, 0.5) is 0 Å². The second kappa shape index (κ2) is 7.87. The normalized spacial score (nSPS) is 25.4. The van der Waals surface area contributed by atoms with Crippen LogP contribution in [0.5, 0.6) is 0 Å². The Morgan fingerprint density at radius 1 is 1.12 bits per heavy atom. The molecule has 0 unspecified atom stereocenters. The van der Waals surface area contributed by atoms with Crippen LogP contribution in [0.25, 0.3) is 0 Å². The first kappa shape index (κ1) is 17.7. The first-order valence-electron chi connectivity index (χ1n) is 9.95. The summed E-state index contributed by atoms with van der Waals surface area (Å²) in [5.74, 6) is 1.95. The average molecular weight is 332 g/mol. The minimum absolute atomic E-state index is 0.228. The van der Waals surface area contributed by atoms with Crippen LogP contribution >= 0.6 is 0 Å². The van der Waals surface area contributed by atoms with E-state index in [0.717, 1.165) is 70.2 Å². The Morgan fingerprint density at radius 2 is 1.79 bits per heavy atom. The number of nitrogens with zero attached hydrogens (tertiary/aromatic N) is 3. The average Bonchev–Trinajstić information content (AvgIpc) is 3.05. The number of likely N-dealkylation sites (tertiary alicyclic amines) is 2. The summed E-state index contributed by atoms with van der Waals surface area (Å²) in [5.41, 5.74) is 0.228. The van der Waals surface area contributed by atoms with E-state index in [1.165, 1.54) is 25.7 Å². The summed E-state index contributed by atoms with van der Waals surface area (Å²) in [6.07, 6.45) is 10.3. The zero-order chi connectivity index (χ0) is 17.0. The van der Waals surface area contributed by atoms with Gasteiger partial charge in [0, 0.05) is 51.0 Å². The molecule has 0 bridgehead atoms. The van der Waals surface area contributed by atoms with Gasteiger partial charge in [-0.2, -0.15) is 5.26 Å². The molecule has 1 saturated carbocycles. The molecule has 3 rings (SSSR count). The van der Waals surface area contributed by atoms with E-state index in [1.54, 1.807) is 0 Å². The van der Waals surface area contributed by atoms with Crippen LogP contribution in [0, 0.1) is 28.6 Å². The molecule has 24 heavy (non-hydrogen) atoms. The number of carbonyl (C=O) groups excluding carboxylic acids is 1. The van der Waals surface area contributed by atoms with Gasteiger partial charge in [-0.15, -0.1) is 0 Å². The fourth-order valence-electron chi connectivity index (χ4n) is 4.98. The maximum Gasteiger partial charge on any atom is 0.222 e. The fourth-order valence-corrected chi connectivity index (χ4v) is 4.98. The molecule has 3 fully saturated rings. The number of nitriles is 1. The van der Waals surface area contributed by atoms with Crippen molar-refractivity contribution in [3.8, 4) is 6.07 Å². The summed E-state index contributed by atoms with van der Waals surface area (Å²) in [6, 6.07) is 2.31. The van der Waals surface area contributed by atoms with Gasteiger partial charge in [-0.1, -0.05) is 32.6 Å². The molecule has 4 nitrogen and oxygen atoms in total. The molecule has 0 aromatic rings. The molecule has 0 aromatic carbocycles. The molecule has 0 spiro atoms. The third-order valence-corrected chi connectivity index (χ3v) is 6.44. The van der Waals surface area contributed by atoms with E-state index in [4.69, 9.17) is 5.26 Å². The summed E-state index contributed by atoms with van der Waals surface area (Å²) in [4.78, 5) is 17.0. The smallest absolute Gasteiger partial charge is 0.222 e. The van der Waals surface area contributed by atoms with Crippen molar-refractivity contribution in [3.63, 3.8) is 0 Å². The van der Waals surface area contributed by atoms with Crippen LogP contribution < -0.4 is 0 Å². The molecule has 0 aromatic heterocycles. The zero-order valence-electron chi connectivity index (χ0n) is 15.3. The molecular formula is C20H33N3O. The number of amides is 1. The van der Waals surface area contributed by atoms with Crippen LogP contribution in [-0.4, -0.2) is 48.4 Å². The largest absolute Gasteiger partial charge is 0.343 e. The molecule has 1 amide bonds. The van der Waals surface area contributed by atoms with Crippen LogP contribution in [-0.2, 0) is 4.79 Å². The first-order valence-corrected chi connectivity index (χ1v) is 9.95. The lowest BCUT2D eigenvalue weighted by atomic mass is 9.78. The van der Waals surface area contributed by atoms with Gasteiger partial charge >= 0.3 is 0 Å². The third-order valence-electron chi connectivity index (χ3n) is 6.44. The number of piperidine rings is 1. The predicted molar refractivity (Wildman–Crippen MR) is 95.3 cm³/mol. The Hall–Kier alpha value is -1.08. The molecule has 2 saturated heterocycles. The lowest BCUT2D eigenvalue weighted by molar-refractivity contribution is -0.133. The number of hydrogen-bond acceptors (Lipinski definition) is 3. The van der Waals surface area contributed by atoms with Gasteiger partial charge in [0.25, 0.3) is 0 Å². The number of hydrogen-bond donors (Lipinski definition) is 0. The van der Waals surface area contributed by atoms with Crippen molar-refractivity contribution in [3.05, 3.63) is 0 Å². The van der Waals surface area contributed by atoms with E-state index in [1.807, 2.05) is 0 Å². The highest BCUT2D eigenvalue weighted by Gasteiger charge is 2.39. The van der Waals surface area contributed by atoms with Gasteiger partial charge in [-0.25, -0.2) is 0 Å². The van der Waals surface area contributed by atoms with Crippen molar-refractivity contribution in [2.75, 3.05) is 32.7 Å². The quantitative estimate of drug-likeness (QED) is 0.749. The van der Waals surface area contributed by atoms with Crippen molar-refractivity contribution < 1.29 is 4.79 Å². The van der Waals surface area contributed by atoms with Crippen LogP contribution in [0.15, 0.2) is 0 Å². The Balaban J connectivity index is 1.31. The zero-order valence-corrected chi connectivity index (χ0v) is 15.3. The summed E-state index contributed by atoms with van der Waals surface area (Å²) in [6.45, 7) is 7.43. The highest BCUT2D eigenvalue weighted by atomic mass is 16.2. The van der Waals surface area contributed by atoms with Gasteiger partial charge in [-0.3, -0.25) is 4.79 Å². The maximum absolute atomic E-state index is 12.4. The molecule has 0 atom stereocenters. The maximum atomic E-state index is 12.4. The Kier molecular flexibility index (Phi) is 5.81. The lowest BCUT2D eigenvalue weighted by Gasteiger charge is -2.49. The van der Waals surface area contributed by atoms with Gasteiger partial charge in [0.1, 0.15) is 0 Å². The van der Waals surface area contributed by atoms with Crippen molar-refractivity contribution in [2.24, 2.45) is 17.3 Å². The molecule has 134 valence electrons. The van der Waals surface area contributed by atoms with Crippen molar-refractivity contribution in [1.82, 2.24) is 9.80 Å². The van der Waals surface area contributed by atoms with Gasteiger partial charge in [0.15, 0.2) is 0 Å². The second-order valence-corrected chi connectivity index (χ2v) is 8.83. The first-order chi connectivity index (χ1) is 11.6. The van der Waals surface area contributed by atoms with Crippen molar-refractivity contribution >= 4 is 5.91 Å². The predicted octanol–water partition coefficient (Wildman–Crippen LogP) is 3.43. The summed E-state index contributed by atoms with van der Waals surface area (Å²) >= 11 is 0. The van der Waals surface area contributed by atoms with Gasteiger partial charge < -0.3 is 9.80 Å². The third kappa shape index (κ3) is 4.51. The fraction of sp³-hybridized carbons (Fsp3) is 0.900. The van der Waals surface area contributed by atoms with E-state index in [-0.39, 0.29) is 5.41 Å². The molecule has 4 heteroatoms. The Morgan fingerprint density at radius 3 is 2.42 bits per heavy atom. The van der Waals surface area contributed by atoms with E-state index >= 15 is 0 Å². The Bertz CT molecular complexity index is 464. The lowest BCUT2D eigenvalue weighted by Crippen LogP contribution is -2.56. The number of rotatable bonds is 6. The number of carbonyl (C=O) groups is 1. The van der Waals surface area contributed by atoms with Crippen molar-refractivity contribution in [2.45, 2.75) is 64.7 Å². The molecule has 1 aliphatic carbocycles. The molecule has 2 heterocycles. The molecular weight excluding hydrogens is 298 g/mol. The molecule has 0 N–H and O–H groups in total. The van der Waals surface area contributed by atoms with Crippen LogP contribution in [0.2, 0.25) is 0 Å². The van der Waals surface area contributed by atoms with Crippen LogP contribution in [0.3, 0.4) is 0 Å². The van der Waals surface area contributed by atoms with Crippen LogP contribution in [0.1, 0.15) is 64.7 Å². The van der Waals surface area contributed by atoms with E-state index in [2.05, 4.69) is 22.8 Å². The summed E-state index contributed by atoms with van der Waals surface area (Å²) in [7, 11) is 0. The Labute approximate surface area is 147 Å². The van der Waals surface area contributed by atoms with Gasteiger partial charge in [0.05, 0.1) is 6.07 Å². The molecule has 3 aliphatic rings. The van der Waals surface area contributed by atoms with E-state index < -0.39 is 0 Å². The highest BCUT2D eigenvalue weighted by Crippen LogP contribution is 2.34. The molecule has 2 aliphatic heterocycles. The minimum Gasteiger partial charge on any atom is -0.343 e. The van der Waals surface area contributed by atoms with E-state index in [0.29, 0.717) is 12.3 Å². The molecule has 0 radical (unpaired) electrons.